The van der Waals surface area contributed by atoms with Crippen molar-refractivity contribution < 1.29 is 29.1 Å². The lowest BCUT2D eigenvalue weighted by molar-refractivity contribution is 0.456. The Hall–Kier alpha value is -1.32. The zero-order valence-corrected chi connectivity index (χ0v) is 15.8. The smallest absolute Gasteiger partial charge is 0.236 e. The third-order valence-corrected chi connectivity index (χ3v) is 9.28. The summed E-state index contributed by atoms with van der Waals surface area (Å²) in [6.07, 6.45) is 0. The second kappa shape index (κ2) is 6.20. The Kier molecular flexibility index (Phi) is 4.91. The van der Waals surface area contributed by atoms with E-state index in [4.69, 9.17) is 0 Å². The molecule has 0 aliphatic carbocycles. The van der Waals surface area contributed by atoms with Crippen LogP contribution in [0, 0.1) is 0 Å². The van der Waals surface area contributed by atoms with Gasteiger partial charge in [-0.1, -0.05) is 52.0 Å². The van der Waals surface area contributed by atoms with Crippen LogP contribution in [-0.2, 0) is 9.13 Å². The summed E-state index contributed by atoms with van der Waals surface area (Å²) >= 11 is 0. The van der Waals surface area contributed by atoms with E-state index in [9.17, 15) is 29.1 Å². The van der Waals surface area contributed by atoms with Gasteiger partial charge < -0.3 is 20.0 Å². The second-order valence-corrected chi connectivity index (χ2v) is 11.8. The molecule has 0 saturated heterocycles. The summed E-state index contributed by atoms with van der Waals surface area (Å²) in [5.41, 5.74) is -1.59. The maximum atomic E-state index is 12.9. The highest BCUT2D eigenvalue weighted by molar-refractivity contribution is 7.73. The van der Waals surface area contributed by atoms with E-state index in [1.165, 1.54) is 39.8 Å². The number of phenolic OH excluding ortho intramolecular Hbond substituents is 2. The summed E-state index contributed by atoms with van der Waals surface area (Å²) in [7, 11) is -8.40. The van der Waals surface area contributed by atoms with Crippen molar-refractivity contribution in [2.75, 3.05) is 0 Å². The van der Waals surface area contributed by atoms with Gasteiger partial charge in [-0.15, -0.1) is 0 Å². The second-order valence-electron chi connectivity index (χ2n) is 6.37. The number of fused-ring (bicyclic) bond motifs is 1. The highest BCUT2D eigenvalue weighted by Gasteiger charge is 2.42. The average Bonchev–Trinajstić information content (AvgIpc) is 2.49. The van der Waals surface area contributed by atoms with Gasteiger partial charge in [-0.05, 0) is 0 Å². The van der Waals surface area contributed by atoms with E-state index in [0.717, 1.165) is 0 Å². The van der Waals surface area contributed by atoms with Crippen molar-refractivity contribution >= 4 is 36.1 Å². The van der Waals surface area contributed by atoms with Crippen molar-refractivity contribution in [2.45, 2.75) is 39.0 Å². The van der Waals surface area contributed by atoms with Crippen molar-refractivity contribution in [3.63, 3.8) is 0 Å². The first-order valence-electron chi connectivity index (χ1n) is 7.56. The molecule has 24 heavy (non-hydrogen) atoms. The lowest BCUT2D eigenvalue weighted by atomic mass is 10.1. The summed E-state index contributed by atoms with van der Waals surface area (Å²) in [4.78, 5) is 21.0. The van der Waals surface area contributed by atoms with Crippen LogP contribution in [0.3, 0.4) is 0 Å². The summed E-state index contributed by atoms with van der Waals surface area (Å²) in [6.45, 7) is 5.92. The van der Waals surface area contributed by atoms with E-state index in [-0.39, 0.29) is 10.8 Å². The van der Waals surface area contributed by atoms with Crippen LogP contribution in [0.5, 0.6) is 11.5 Å². The van der Waals surface area contributed by atoms with Crippen molar-refractivity contribution in [1.82, 2.24) is 0 Å². The molecule has 4 N–H and O–H groups in total. The minimum atomic E-state index is -4.20. The third kappa shape index (κ3) is 2.78. The molecule has 2 aromatic rings. The lowest BCUT2D eigenvalue weighted by Gasteiger charge is -2.26. The molecule has 0 fully saturated rings. The topological polar surface area (TPSA) is 115 Å². The molecule has 2 rings (SSSR count). The molecule has 2 atom stereocenters. The Balaban J connectivity index is 3.13. The van der Waals surface area contributed by atoms with Crippen molar-refractivity contribution in [2.24, 2.45) is 0 Å². The van der Waals surface area contributed by atoms with Gasteiger partial charge in [0.05, 0.1) is 10.6 Å². The molecular weight excluding hydrogens is 350 g/mol. The maximum Gasteiger partial charge on any atom is 0.236 e. The van der Waals surface area contributed by atoms with Crippen LogP contribution in [0.1, 0.15) is 27.7 Å². The number of phenols is 2. The van der Waals surface area contributed by atoms with Gasteiger partial charge in [-0.25, -0.2) is 0 Å². The van der Waals surface area contributed by atoms with Crippen LogP contribution in [0.15, 0.2) is 24.3 Å². The quantitative estimate of drug-likeness (QED) is 0.485. The van der Waals surface area contributed by atoms with E-state index in [1.54, 1.807) is 12.1 Å². The standard InChI is InChI=1S/C16H22O6P2/c1-9(2)23(19,20)15-13(17)11-7-5-6-8-12(11)14(18)16(15)24(21,22)10(3)4/h5-10,17-18H,1-4H3,(H,19,20)(H,21,22). The first-order valence-corrected chi connectivity index (χ1v) is 11.0. The van der Waals surface area contributed by atoms with Crippen molar-refractivity contribution in [3.05, 3.63) is 24.3 Å². The van der Waals surface area contributed by atoms with Crippen molar-refractivity contribution in [1.29, 1.82) is 0 Å². The molecule has 0 heterocycles. The molecule has 0 amide bonds. The van der Waals surface area contributed by atoms with Crippen LogP contribution < -0.4 is 10.6 Å². The summed E-state index contributed by atoms with van der Waals surface area (Å²) < 4.78 is 25.7. The molecule has 0 aliphatic heterocycles. The van der Waals surface area contributed by atoms with Crippen LogP contribution in [0.2, 0.25) is 0 Å². The highest BCUT2D eigenvalue weighted by Crippen LogP contribution is 2.55. The Morgan fingerprint density at radius 2 is 1.04 bits per heavy atom. The molecule has 0 bridgehead atoms. The van der Waals surface area contributed by atoms with Gasteiger partial charge in [0.1, 0.15) is 11.5 Å². The van der Waals surface area contributed by atoms with Gasteiger partial charge in [0, 0.05) is 22.1 Å². The van der Waals surface area contributed by atoms with Crippen LogP contribution in [-0.4, -0.2) is 31.3 Å². The van der Waals surface area contributed by atoms with E-state index in [1.807, 2.05) is 0 Å². The SMILES string of the molecule is CC(C)P(=O)(O)c1c(P(=O)(O)C(C)C)c(O)c2ccccc2c1O. The maximum absolute atomic E-state index is 12.9. The largest absolute Gasteiger partial charge is 0.506 e. The minimum absolute atomic E-state index is 0.160. The fraction of sp³-hybridized carbons (Fsp3) is 0.375. The molecule has 2 aromatic carbocycles. The minimum Gasteiger partial charge on any atom is -0.506 e. The zero-order chi connectivity index (χ0) is 18.4. The first-order chi connectivity index (χ1) is 10.9. The molecular formula is C16H22O6P2. The number of aromatic hydroxyl groups is 2. The molecule has 2 unspecified atom stereocenters. The number of hydrogen-bond donors (Lipinski definition) is 4. The third-order valence-electron chi connectivity index (χ3n) is 4.15. The van der Waals surface area contributed by atoms with Gasteiger partial charge in [0.15, 0.2) is 0 Å². The van der Waals surface area contributed by atoms with Gasteiger partial charge >= 0.3 is 0 Å². The Morgan fingerprint density at radius 1 is 0.750 bits per heavy atom. The normalized spacial score (nSPS) is 17.2. The van der Waals surface area contributed by atoms with Crippen molar-refractivity contribution in [3.8, 4) is 11.5 Å². The Morgan fingerprint density at radius 3 is 1.29 bits per heavy atom. The summed E-state index contributed by atoms with van der Waals surface area (Å²) in [6, 6.07) is 6.17. The van der Waals surface area contributed by atoms with E-state index in [2.05, 4.69) is 0 Å². The lowest BCUT2D eigenvalue weighted by Crippen LogP contribution is -2.31. The molecule has 132 valence electrons. The summed E-state index contributed by atoms with van der Waals surface area (Å²) in [5, 5.41) is 20.5. The van der Waals surface area contributed by atoms with Gasteiger partial charge in [0.2, 0.25) is 14.7 Å². The van der Waals surface area contributed by atoms with Gasteiger partial charge in [-0.2, -0.15) is 0 Å². The Bertz CT molecular complexity index is 815. The number of hydrogen-bond acceptors (Lipinski definition) is 4. The van der Waals surface area contributed by atoms with Crippen LogP contribution in [0.25, 0.3) is 10.8 Å². The van der Waals surface area contributed by atoms with E-state index in [0.29, 0.717) is 0 Å². The zero-order valence-electron chi connectivity index (χ0n) is 14.0. The first kappa shape index (κ1) is 19.0. The van der Waals surface area contributed by atoms with Gasteiger partial charge in [-0.3, -0.25) is 9.13 Å². The van der Waals surface area contributed by atoms with E-state index < -0.39 is 48.2 Å². The fourth-order valence-electron chi connectivity index (χ4n) is 2.50. The van der Waals surface area contributed by atoms with Crippen LogP contribution in [0.4, 0.5) is 0 Å². The molecule has 0 saturated carbocycles. The highest BCUT2D eigenvalue weighted by atomic mass is 31.2. The predicted molar refractivity (Wildman–Crippen MR) is 96.5 cm³/mol. The Labute approximate surface area is 140 Å². The fourth-order valence-corrected chi connectivity index (χ4v) is 6.06. The number of benzene rings is 2. The molecule has 8 heteroatoms. The predicted octanol–water partition coefficient (Wildman–Crippen LogP) is 2.86. The molecule has 0 radical (unpaired) electrons. The monoisotopic (exact) mass is 372 g/mol. The average molecular weight is 372 g/mol. The van der Waals surface area contributed by atoms with Crippen LogP contribution >= 0.6 is 14.7 Å². The number of rotatable bonds is 4. The van der Waals surface area contributed by atoms with E-state index >= 15 is 0 Å². The molecule has 0 aromatic heterocycles. The van der Waals surface area contributed by atoms with Gasteiger partial charge in [0.25, 0.3) is 0 Å². The molecule has 0 spiro atoms. The summed E-state index contributed by atoms with van der Waals surface area (Å²) in [5.74, 6) is -1.07. The molecule has 6 nitrogen and oxygen atoms in total. The molecule has 0 aliphatic rings.